The van der Waals surface area contributed by atoms with Gasteiger partial charge in [0.1, 0.15) is 4.90 Å². The minimum absolute atomic E-state index is 0.0785. The van der Waals surface area contributed by atoms with Crippen LogP contribution in [0, 0.1) is 0 Å². The number of benzene rings is 1. The molecule has 1 amide bonds. The van der Waals surface area contributed by atoms with Crippen LogP contribution in [0.1, 0.15) is 10.4 Å². The van der Waals surface area contributed by atoms with Crippen LogP contribution in [0.2, 0.25) is 0 Å². The molecule has 0 saturated carbocycles. The Kier molecular flexibility index (Phi) is 4.00. The van der Waals surface area contributed by atoms with Crippen molar-refractivity contribution in [2.75, 3.05) is 26.0 Å². The van der Waals surface area contributed by atoms with Gasteiger partial charge in [-0.15, -0.1) is 0 Å². The molecule has 1 rings (SSSR count). The Bertz CT molecular complexity index is 540. The summed E-state index contributed by atoms with van der Waals surface area (Å²) in [5, 5.41) is 2.42. The summed E-state index contributed by atoms with van der Waals surface area (Å²) in [7, 11) is 6.31. The molecule has 1 aromatic rings. The van der Waals surface area contributed by atoms with E-state index in [1.54, 1.807) is 31.1 Å². The Hall–Kier alpha value is -1.27. The van der Waals surface area contributed by atoms with E-state index in [-0.39, 0.29) is 16.4 Å². The first-order valence-corrected chi connectivity index (χ1v) is 7.06. The summed E-state index contributed by atoms with van der Waals surface area (Å²) in [6, 6.07) is 4.34. The van der Waals surface area contributed by atoms with Crippen LogP contribution < -0.4 is 10.2 Å². The first-order chi connectivity index (χ1) is 7.77. The molecule has 0 unspecified atom stereocenters. The molecule has 0 aliphatic carbocycles. The summed E-state index contributed by atoms with van der Waals surface area (Å²) in [6.07, 6.45) is 0. The van der Waals surface area contributed by atoms with Gasteiger partial charge in [-0.1, -0.05) is 0 Å². The van der Waals surface area contributed by atoms with Gasteiger partial charge in [0.15, 0.2) is 0 Å². The highest BCUT2D eigenvalue weighted by atomic mass is 35.7. The predicted molar refractivity (Wildman–Crippen MR) is 67.2 cm³/mol. The number of halogens is 1. The maximum Gasteiger partial charge on any atom is 0.263 e. The summed E-state index contributed by atoms with van der Waals surface area (Å²) < 4.78 is 22.9. The molecular weight excluding hydrogens is 264 g/mol. The molecule has 1 N–H and O–H groups in total. The van der Waals surface area contributed by atoms with Gasteiger partial charge in [0.25, 0.3) is 15.0 Å². The van der Waals surface area contributed by atoms with Gasteiger partial charge in [0.2, 0.25) is 0 Å². The van der Waals surface area contributed by atoms with E-state index in [4.69, 9.17) is 10.7 Å². The van der Waals surface area contributed by atoms with Gasteiger partial charge >= 0.3 is 0 Å². The summed E-state index contributed by atoms with van der Waals surface area (Å²) in [4.78, 5) is 12.9. The van der Waals surface area contributed by atoms with E-state index in [2.05, 4.69) is 5.32 Å². The van der Waals surface area contributed by atoms with Crippen molar-refractivity contribution in [2.24, 2.45) is 0 Å². The van der Waals surface area contributed by atoms with E-state index in [1.165, 1.54) is 13.1 Å². The number of amides is 1. The molecule has 0 heterocycles. The molecule has 0 spiro atoms. The van der Waals surface area contributed by atoms with Crippen LogP contribution in [0.5, 0.6) is 0 Å². The lowest BCUT2D eigenvalue weighted by molar-refractivity contribution is 0.0963. The molecule has 94 valence electrons. The smallest absolute Gasteiger partial charge is 0.263 e. The topological polar surface area (TPSA) is 66.5 Å². The number of carbonyl (C=O) groups excluding carboxylic acids is 1. The van der Waals surface area contributed by atoms with Gasteiger partial charge in [-0.3, -0.25) is 4.79 Å². The lowest BCUT2D eigenvalue weighted by atomic mass is 10.2. The predicted octanol–water partition coefficient (Wildman–Crippen LogP) is 1.04. The maximum absolute atomic E-state index is 11.4. The van der Waals surface area contributed by atoms with E-state index in [0.29, 0.717) is 5.69 Å². The van der Waals surface area contributed by atoms with Crippen molar-refractivity contribution in [1.29, 1.82) is 0 Å². The summed E-state index contributed by atoms with van der Waals surface area (Å²) in [5.41, 5.74) is 0.685. The van der Waals surface area contributed by atoms with Crippen molar-refractivity contribution in [3.63, 3.8) is 0 Å². The van der Waals surface area contributed by atoms with Gasteiger partial charge in [-0.2, -0.15) is 0 Å². The van der Waals surface area contributed by atoms with Crippen LogP contribution in [0.25, 0.3) is 0 Å². The lowest BCUT2D eigenvalue weighted by Gasteiger charge is -2.16. The Morgan fingerprint density at radius 1 is 1.35 bits per heavy atom. The number of hydrogen-bond acceptors (Lipinski definition) is 4. The molecule has 7 heteroatoms. The van der Waals surface area contributed by atoms with Gasteiger partial charge in [-0.05, 0) is 18.2 Å². The standard InChI is InChI=1S/C10H13ClN2O3S/c1-12-10(14)7-4-5-8(13(2)3)9(6-7)17(11,15)16/h4-6H,1-3H3,(H,12,14). The summed E-state index contributed by atoms with van der Waals surface area (Å²) >= 11 is 0. The number of nitrogens with zero attached hydrogens (tertiary/aromatic N) is 1. The highest BCUT2D eigenvalue weighted by molar-refractivity contribution is 8.13. The van der Waals surface area contributed by atoms with Gasteiger partial charge in [0.05, 0.1) is 5.69 Å². The molecule has 0 aliphatic heterocycles. The van der Waals surface area contributed by atoms with Crippen molar-refractivity contribution >= 4 is 31.3 Å². The zero-order valence-electron chi connectivity index (χ0n) is 9.69. The number of rotatable bonds is 3. The van der Waals surface area contributed by atoms with Crippen LogP contribution >= 0.6 is 10.7 Å². The van der Waals surface area contributed by atoms with Crippen LogP contribution in [-0.4, -0.2) is 35.5 Å². The summed E-state index contributed by atoms with van der Waals surface area (Å²) in [5.74, 6) is -0.364. The quantitative estimate of drug-likeness (QED) is 0.838. The minimum Gasteiger partial charge on any atom is -0.377 e. The fourth-order valence-corrected chi connectivity index (χ4v) is 2.50. The first kappa shape index (κ1) is 13.8. The Labute approximate surface area is 105 Å². The Morgan fingerprint density at radius 3 is 2.35 bits per heavy atom. The highest BCUT2D eigenvalue weighted by Gasteiger charge is 2.19. The van der Waals surface area contributed by atoms with E-state index in [0.717, 1.165) is 0 Å². The van der Waals surface area contributed by atoms with Crippen molar-refractivity contribution in [3.05, 3.63) is 23.8 Å². The summed E-state index contributed by atoms with van der Waals surface area (Å²) in [6.45, 7) is 0. The molecule has 1 aromatic carbocycles. The minimum atomic E-state index is -3.89. The fraction of sp³-hybridized carbons (Fsp3) is 0.300. The monoisotopic (exact) mass is 276 g/mol. The lowest BCUT2D eigenvalue weighted by Crippen LogP contribution is -2.19. The second-order valence-corrected chi connectivity index (χ2v) is 6.13. The molecule has 0 atom stereocenters. The van der Waals surface area contributed by atoms with Gasteiger partial charge in [0, 0.05) is 37.4 Å². The number of nitrogens with one attached hydrogen (secondary N) is 1. The molecule has 0 aliphatic rings. The third kappa shape index (κ3) is 3.10. The molecule has 5 nitrogen and oxygen atoms in total. The van der Waals surface area contributed by atoms with Gasteiger partial charge in [-0.25, -0.2) is 8.42 Å². The molecule has 0 bridgehead atoms. The zero-order valence-corrected chi connectivity index (χ0v) is 11.3. The molecule has 0 radical (unpaired) electrons. The third-order valence-corrected chi connectivity index (χ3v) is 3.54. The molecule has 17 heavy (non-hydrogen) atoms. The van der Waals surface area contributed by atoms with E-state index in [9.17, 15) is 13.2 Å². The second-order valence-electron chi connectivity index (χ2n) is 3.59. The normalized spacial score (nSPS) is 11.1. The number of carbonyl (C=O) groups is 1. The van der Waals surface area contributed by atoms with Crippen LogP contribution in [0.4, 0.5) is 5.69 Å². The first-order valence-electron chi connectivity index (χ1n) is 4.75. The zero-order chi connectivity index (χ0) is 13.2. The SMILES string of the molecule is CNC(=O)c1ccc(N(C)C)c(S(=O)(=O)Cl)c1. The second kappa shape index (κ2) is 4.93. The maximum atomic E-state index is 11.4. The van der Waals surface area contributed by atoms with Crippen LogP contribution in [0.3, 0.4) is 0 Å². The third-order valence-electron chi connectivity index (χ3n) is 2.19. The van der Waals surface area contributed by atoms with Crippen LogP contribution in [-0.2, 0) is 9.05 Å². The van der Waals surface area contributed by atoms with E-state index in [1.807, 2.05) is 0 Å². The molecule has 0 saturated heterocycles. The molecule has 0 fully saturated rings. The highest BCUT2D eigenvalue weighted by Crippen LogP contribution is 2.27. The number of hydrogen-bond donors (Lipinski definition) is 1. The fourth-order valence-electron chi connectivity index (χ4n) is 1.36. The van der Waals surface area contributed by atoms with Crippen molar-refractivity contribution < 1.29 is 13.2 Å². The van der Waals surface area contributed by atoms with Crippen molar-refractivity contribution in [2.45, 2.75) is 4.90 Å². The average Bonchev–Trinajstić information content (AvgIpc) is 2.25. The van der Waals surface area contributed by atoms with E-state index < -0.39 is 9.05 Å². The Balaban J connectivity index is 3.45. The van der Waals surface area contributed by atoms with Gasteiger partial charge < -0.3 is 10.2 Å². The Morgan fingerprint density at radius 2 is 1.94 bits per heavy atom. The van der Waals surface area contributed by atoms with E-state index >= 15 is 0 Å². The van der Waals surface area contributed by atoms with Crippen molar-refractivity contribution in [3.8, 4) is 0 Å². The largest absolute Gasteiger partial charge is 0.377 e. The average molecular weight is 277 g/mol. The molecule has 0 aromatic heterocycles. The molecular formula is C10H13ClN2O3S. The van der Waals surface area contributed by atoms with Crippen LogP contribution in [0.15, 0.2) is 23.1 Å². The number of anilines is 1. The van der Waals surface area contributed by atoms with Crippen molar-refractivity contribution in [1.82, 2.24) is 5.32 Å².